The fraction of sp³-hybridized carbons (Fsp3) is 0.667. The van der Waals surface area contributed by atoms with E-state index in [2.05, 4.69) is 34.2 Å². The molecule has 0 fully saturated rings. The van der Waals surface area contributed by atoms with Crippen LogP contribution in [0.15, 0.2) is 6.07 Å². The average molecular weight is 222 g/mol. The molecule has 1 N–H and O–H groups in total. The number of nitrogens with zero attached hydrogens (tertiary/aromatic N) is 3. The lowest BCUT2D eigenvalue weighted by Gasteiger charge is -2.22. The molecule has 4 nitrogen and oxygen atoms in total. The van der Waals surface area contributed by atoms with Gasteiger partial charge in [0.05, 0.1) is 0 Å². The molecule has 1 atom stereocenters. The Hall–Kier alpha value is -1.16. The highest BCUT2D eigenvalue weighted by Crippen LogP contribution is 2.12. The Morgan fingerprint density at radius 2 is 2.06 bits per heavy atom. The molecule has 1 heterocycles. The van der Waals surface area contributed by atoms with Crippen LogP contribution in [0.4, 0.5) is 5.82 Å². The Balaban J connectivity index is 2.68. The summed E-state index contributed by atoms with van der Waals surface area (Å²) in [5.74, 6) is 2.45. The zero-order valence-corrected chi connectivity index (χ0v) is 10.9. The molecule has 0 saturated heterocycles. The Bertz CT molecular complexity index is 318. The molecule has 0 bridgehead atoms. The minimum atomic E-state index is 0.602. The summed E-state index contributed by atoms with van der Waals surface area (Å²) in [5.41, 5.74) is 1.02. The summed E-state index contributed by atoms with van der Waals surface area (Å²) >= 11 is 0. The number of nitrogens with one attached hydrogen (secondary N) is 1. The van der Waals surface area contributed by atoms with Gasteiger partial charge in [0.1, 0.15) is 11.6 Å². The molecule has 4 heteroatoms. The SMILES string of the molecule is CNCC(C)CN(C)c1cc(C)nc(C)n1. The van der Waals surface area contributed by atoms with E-state index in [4.69, 9.17) is 0 Å². The van der Waals surface area contributed by atoms with Crippen molar-refractivity contribution in [2.24, 2.45) is 5.92 Å². The second kappa shape index (κ2) is 5.80. The maximum Gasteiger partial charge on any atom is 0.132 e. The molecule has 0 spiro atoms. The van der Waals surface area contributed by atoms with Gasteiger partial charge in [0, 0.05) is 25.4 Å². The van der Waals surface area contributed by atoms with E-state index in [9.17, 15) is 0 Å². The molecule has 1 rings (SSSR count). The molecule has 16 heavy (non-hydrogen) atoms. The third kappa shape index (κ3) is 3.77. The number of hydrogen-bond donors (Lipinski definition) is 1. The smallest absolute Gasteiger partial charge is 0.132 e. The zero-order valence-electron chi connectivity index (χ0n) is 10.9. The van der Waals surface area contributed by atoms with E-state index in [1.807, 2.05) is 27.0 Å². The van der Waals surface area contributed by atoms with Crippen molar-refractivity contribution >= 4 is 5.82 Å². The van der Waals surface area contributed by atoms with Crippen molar-refractivity contribution in [1.82, 2.24) is 15.3 Å². The lowest BCUT2D eigenvalue weighted by Crippen LogP contribution is -2.30. The van der Waals surface area contributed by atoms with Crippen LogP contribution in [0.2, 0.25) is 0 Å². The summed E-state index contributed by atoms with van der Waals surface area (Å²) < 4.78 is 0. The van der Waals surface area contributed by atoms with Gasteiger partial charge in [0.2, 0.25) is 0 Å². The molecular formula is C12H22N4. The average Bonchev–Trinajstić information content (AvgIpc) is 2.16. The molecule has 0 aliphatic heterocycles. The summed E-state index contributed by atoms with van der Waals surface area (Å²) in [5, 5.41) is 3.19. The highest BCUT2D eigenvalue weighted by Gasteiger charge is 2.08. The first kappa shape index (κ1) is 12.9. The quantitative estimate of drug-likeness (QED) is 0.817. The Kier molecular flexibility index (Phi) is 4.68. The fourth-order valence-corrected chi connectivity index (χ4v) is 1.87. The van der Waals surface area contributed by atoms with Gasteiger partial charge in [-0.25, -0.2) is 9.97 Å². The molecule has 0 aliphatic carbocycles. The standard InChI is InChI=1S/C12H22N4/c1-9(7-13-4)8-16(5)12-6-10(2)14-11(3)15-12/h6,9,13H,7-8H2,1-5H3. The molecule has 0 saturated carbocycles. The second-order valence-corrected chi connectivity index (χ2v) is 4.46. The van der Waals surface area contributed by atoms with E-state index in [1.54, 1.807) is 0 Å². The molecule has 0 amide bonds. The number of anilines is 1. The largest absolute Gasteiger partial charge is 0.359 e. The van der Waals surface area contributed by atoms with E-state index < -0.39 is 0 Å². The Morgan fingerprint density at radius 1 is 1.38 bits per heavy atom. The molecule has 90 valence electrons. The maximum absolute atomic E-state index is 4.44. The van der Waals surface area contributed by atoms with Crippen LogP contribution < -0.4 is 10.2 Å². The molecule has 0 aliphatic rings. The van der Waals surface area contributed by atoms with Crippen molar-refractivity contribution in [1.29, 1.82) is 0 Å². The lowest BCUT2D eigenvalue weighted by molar-refractivity contribution is 0.540. The van der Waals surface area contributed by atoms with E-state index in [0.29, 0.717) is 5.92 Å². The maximum atomic E-state index is 4.44. The van der Waals surface area contributed by atoms with Crippen LogP contribution in [0.1, 0.15) is 18.4 Å². The van der Waals surface area contributed by atoms with E-state index >= 15 is 0 Å². The predicted octanol–water partition coefficient (Wildman–Crippen LogP) is 1.39. The van der Waals surface area contributed by atoms with E-state index in [1.165, 1.54) is 0 Å². The first-order valence-corrected chi connectivity index (χ1v) is 5.71. The second-order valence-electron chi connectivity index (χ2n) is 4.46. The summed E-state index contributed by atoms with van der Waals surface area (Å²) in [7, 11) is 4.06. The fourth-order valence-electron chi connectivity index (χ4n) is 1.87. The number of aromatic nitrogens is 2. The summed E-state index contributed by atoms with van der Waals surface area (Å²) in [4.78, 5) is 10.9. The first-order chi connectivity index (χ1) is 7.52. The van der Waals surface area contributed by atoms with Crippen LogP contribution in [-0.2, 0) is 0 Å². The predicted molar refractivity (Wildman–Crippen MR) is 67.9 cm³/mol. The Labute approximate surface area is 98.1 Å². The van der Waals surface area contributed by atoms with Crippen LogP contribution in [-0.4, -0.2) is 37.2 Å². The third-order valence-electron chi connectivity index (χ3n) is 2.48. The van der Waals surface area contributed by atoms with Crippen molar-refractivity contribution < 1.29 is 0 Å². The van der Waals surface area contributed by atoms with Crippen LogP contribution in [0.25, 0.3) is 0 Å². The van der Waals surface area contributed by atoms with Crippen LogP contribution in [0, 0.1) is 19.8 Å². The topological polar surface area (TPSA) is 41.0 Å². The highest BCUT2D eigenvalue weighted by molar-refractivity contribution is 5.38. The molecule has 1 unspecified atom stereocenters. The number of aryl methyl sites for hydroxylation is 2. The molecule has 0 aromatic carbocycles. The minimum absolute atomic E-state index is 0.602. The van der Waals surface area contributed by atoms with E-state index in [0.717, 1.165) is 30.4 Å². The van der Waals surface area contributed by atoms with Crippen LogP contribution >= 0.6 is 0 Å². The molecular weight excluding hydrogens is 200 g/mol. The van der Waals surface area contributed by atoms with Gasteiger partial charge < -0.3 is 10.2 Å². The van der Waals surface area contributed by atoms with E-state index in [-0.39, 0.29) is 0 Å². The number of rotatable bonds is 5. The summed E-state index contributed by atoms with van der Waals surface area (Å²) in [6.07, 6.45) is 0. The van der Waals surface area contributed by atoms with Gasteiger partial charge in [-0.05, 0) is 33.4 Å². The van der Waals surface area contributed by atoms with Crippen LogP contribution in [0.3, 0.4) is 0 Å². The van der Waals surface area contributed by atoms with Crippen molar-refractivity contribution in [3.8, 4) is 0 Å². The lowest BCUT2D eigenvalue weighted by atomic mass is 10.1. The number of hydrogen-bond acceptors (Lipinski definition) is 4. The Morgan fingerprint density at radius 3 is 2.62 bits per heavy atom. The van der Waals surface area contributed by atoms with Gasteiger partial charge in [0.15, 0.2) is 0 Å². The summed E-state index contributed by atoms with van der Waals surface area (Å²) in [6.45, 7) is 8.18. The highest BCUT2D eigenvalue weighted by atomic mass is 15.2. The molecule has 1 aromatic heterocycles. The van der Waals surface area contributed by atoms with Gasteiger partial charge in [-0.1, -0.05) is 6.92 Å². The van der Waals surface area contributed by atoms with Gasteiger partial charge >= 0.3 is 0 Å². The third-order valence-corrected chi connectivity index (χ3v) is 2.48. The van der Waals surface area contributed by atoms with Gasteiger partial charge in [-0.2, -0.15) is 0 Å². The minimum Gasteiger partial charge on any atom is -0.359 e. The van der Waals surface area contributed by atoms with Gasteiger partial charge in [-0.3, -0.25) is 0 Å². The van der Waals surface area contributed by atoms with Crippen molar-refractivity contribution in [3.05, 3.63) is 17.6 Å². The first-order valence-electron chi connectivity index (χ1n) is 5.71. The zero-order chi connectivity index (χ0) is 12.1. The molecule has 0 radical (unpaired) electrons. The molecule has 1 aromatic rings. The van der Waals surface area contributed by atoms with Crippen LogP contribution in [0.5, 0.6) is 0 Å². The van der Waals surface area contributed by atoms with Crippen molar-refractivity contribution in [3.63, 3.8) is 0 Å². The normalized spacial score (nSPS) is 12.6. The van der Waals surface area contributed by atoms with Gasteiger partial charge in [0.25, 0.3) is 0 Å². The monoisotopic (exact) mass is 222 g/mol. The van der Waals surface area contributed by atoms with Crippen molar-refractivity contribution in [2.45, 2.75) is 20.8 Å². The van der Waals surface area contributed by atoms with Gasteiger partial charge in [-0.15, -0.1) is 0 Å². The summed E-state index contributed by atoms with van der Waals surface area (Å²) in [6, 6.07) is 2.03. The van der Waals surface area contributed by atoms with Crippen molar-refractivity contribution in [2.75, 3.05) is 32.1 Å².